The van der Waals surface area contributed by atoms with Crippen LogP contribution in [0.1, 0.15) is 0 Å². The minimum atomic E-state index is 0.448. The van der Waals surface area contributed by atoms with Gasteiger partial charge in [0.2, 0.25) is 0 Å². The highest BCUT2D eigenvalue weighted by atomic mass is 35.5. The summed E-state index contributed by atoms with van der Waals surface area (Å²) in [6, 6.07) is 5.80. The molecule has 0 radical (unpaired) electrons. The fourth-order valence-electron chi connectivity index (χ4n) is 1.54. The largest absolute Gasteiger partial charge is 0.264 e. The van der Waals surface area contributed by atoms with Gasteiger partial charge in [-0.15, -0.1) is 21.5 Å². The number of nitrogens with zero attached hydrogens (tertiary/aromatic N) is 3. The van der Waals surface area contributed by atoms with Gasteiger partial charge in [0.15, 0.2) is 5.15 Å². The molecule has 3 aromatic rings. The van der Waals surface area contributed by atoms with Gasteiger partial charge in [-0.25, -0.2) is 0 Å². The molecule has 0 unspecified atom stereocenters. The monoisotopic (exact) mass is 247 g/mol. The van der Waals surface area contributed by atoms with E-state index in [4.69, 9.17) is 11.6 Å². The summed E-state index contributed by atoms with van der Waals surface area (Å²) in [6.45, 7) is 0. The van der Waals surface area contributed by atoms with Gasteiger partial charge in [-0.3, -0.25) is 4.98 Å². The molecule has 3 heterocycles. The molecule has 3 nitrogen and oxygen atoms in total. The Bertz CT molecular complexity index is 636. The molecule has 0 aliphatic heterocycles. The van der Waals surface area contributed by atoms with Crippen molar-refractivity contribution in [3.8, 4) is 11.3 Å². The van der Waals surface area contributed by atoms with Crippen LogP contribution in [0.5, 0.6) is 0 Å². The summed E-state index contributed by atoms with van der Waals surface area (Å²) in [5.74, 6) is 0. The molecule has 3 aromatic heterocycles. The number of halogens is 1. The highest BCUT2D eigenvalue weighted by molar-refractivity contribution is 7.17. The first-order valence-electron chi connectivity index (χ1n) is 4.66. The fraction of sp³-hybridized carbons (Fsp3) is 0. The molecule has 0 amide bonds. The van der Waals surface area contributed by atoms with Crippen molar-refractivity contribution in [2.75, 3.05) is 0 Å². The third-order valence-electron chi connectivity index (χ3n) is 2.28. The van der Waals surface area contributed by atoms with Gasteiger partial charge in [-0.05, 0) is 23.6 Å². The lowest BCUT2D eigenvalue weighted by Gasteiger charge is -2.01. The molecule has 16 heavy (non-hydrogen) atoms. The van der Waals surface area contributed by atoms with Crippen LogP contribution in [0.3, 0.4) is 0 Å². The van der Waals surface area contributed by atoms with Gasteiger partial charge in [-0.1, -0.05) is 11.6 Å². The summed E-state index contributed by atoms with van der Waals surface area (Å²) >= 11 is 7.58. The number of aromatic nitrogens is 3. The van der Waals surface area contributed by atoms with Crippen molar-refractivity contribution in [2.45, 2.75) is 0 Å². The van der Waals surface area contributed by atoms with Crippen molar-refractivity contribution in [3.63, 3.8) is 0 Å². The highest BCUT2D eigenvalue weighted by Gasteiger charge is 2.10. The smallest absolute Gasteiger partial charge is 0.160 e. The second-order valence-electron chi connectivity index (χ2n) is 3.24. The first-order chi connectivity index (χ1) is 7.86. The van der Waals surface area contributed by atoms with E-state index in [1.165, 1.54) is 0 Å². The van der Waals surface area contributed by atoms with Crippen LogP contribution in [-0.4, -0.2) is 15.2 Å². The normalized spacial score (nSPS) is 10.8. The molecule has 0 fully saturated rings. The van der Waals surface area contributed by atoms with Crippen molar-refractivity contribution < 1.29 is 0 Å². The Morgan fingerprint density at radius 1 is 1.19 bits per heavy atom. The van der Waals surface area contributed by atoms with Gasteiger partial charge >= 0.3 is 0 Å². The second kappa shape index (κ2) is 3.81. The maximum atomic E-state index is 5.98. The maximum absolute atomic E-state index is 5.98. The van der Waals surface area contributed by atoms with Crippen LogP contribution in [0, 0.1) is 0 Å². The lowest BCUT2D eigenvalue weighted by atomic mass is 10.2. The molecular weight excluding hydrogens is 242 g/mol. The van der Waals surface area contributed by atoms with E-state index in [1.807, 2.05) is 23.6 Å². The van der Waals surface area contributed by atoms with Crippen LogP contribution in [0.25, 0.3) is 21.3 Å². The Labute approximate surface area is 101 Å². The van der Waals surface area contributed by atoms with Crippen molar-refractivity contribution in [1.29, 1.82) is 0 Å². The second-order valence-corrected chi connectivity index (χ2v) is 4.52. The van der Waals surface area contributed by atoms with Gasteiger partial charge in [0, 0.05) is 23.3 Å². The van der Waals surface area contributed by atoms with Crippen LogP contribution in [-0.2, 0) is 0 Å². The number of rotatable bonds is 1. The predicted molar refractivity (Wildman–Crippen MR) is 65.7 cm³/mol. The van der Waals surface area contributed by atoms with E-state index in [2.05, 4.69) is 15.2 Å². The average Bonchev–Trinajstić information content (AvgIpc) is 2.81. The molecule has 0 bridgehead atoms. The first kappa shape index (κ1) is 9.69. The van der Waals surface area contributed by atoms with Crippen LogP contribution in [0.4, 0.5) is 0 Å². The van der Waals surface area contributed by atoms with Crippen molar-refractivity contribution in [3.05, 3.63) is 41.1 Å². The molecule has 3 rings (SSSR count). The van der Waals surface area contributed by atoms with E-state index in [1.54, 1.807) is 23.7 Å². The Morgan fingerprint density at radius 3 is 2.94 bits per heavy atom. The lowest BCUT2D eigenvalue weighted by molar-refractivity contribution is 1.06. The standard InChI is InChI=1S/C11H6ClN3S/c12-11-8-3-5-16-10(8)9(14-15-11)7-2-1-4-13-6-7/h1-6H. The van der Waals surface area contributed by atoms with Gasteiger partial charge in [0.1, 0.15) is 5.69 Å². The lowest BCUT2D eigenvalue weighted by Crippen LogP contribution is -1.89. The van der Waals surface area contributed by atoms with Crippen LogP contribution >= 0.6 is 22.9 Å². The van der Waals surface area contributed by atoms with E-state index < -0.39 is 0 Å². The number of fused-ring (bicyclic) bond motifs is 1. The van der Waals surface area contributed by atoms with Gasteiger partial charge in [0.05, 0.1) is 4.70 Å². The Morgan fingerprint density at radius 2 is 2.12 bits per heavy atom. The number of thiophene rings is 1. The maximum Gasteiger partial charge on any atom is 0.160 e. The molecule has 0 N–H and O–H groups in total. The average molecular weight is 248 g/mol. The third-order valence-corrected chi connectivity index (χ3v) is 3.48. The molecule has 5 heteroatoms. The predicted octanol–water partition coefficient (Wildman–Crippen LogP) is 3.41. The van der Waals surface area contributed by atoms with E-state index in [9.17, 15) is 0 Å². The first-order valence-corrected chi connectivity index (χ1v) is 5.92. The quantitative estimate of drug-likeness (QED) is 0.662. The zero-order valence-corrected chi connectivity index (χ0v) is 9.66. The van der Waals surface area contributed by atoms with Crippen molar-refractivity contribution >= 4 is 33.0 Å². The minimum Gasteiger partial charge on any atom is -0.264 e. The highest BCUT2D eigenvalue weighted by Crippen LogP contribution is 2.32. The SMILES string of the molecule is Clc1nnc(-c2cccnc2)c2sccc12. The Kier molecular flexibility index (Phi) is 2.31. The molecular formula is C11H6ClN3S. The minimum absolute atomic E-state index is 0.448. The number of hydrogen-bond acceptors (Lipinski definition) is 4. The fourth-order valence-corrected chi connectivity index (χ4v) is 2.69. The summed E-state index contributed by atoms with van der Waals surface area (Å²) in [5.41, 5.74) is 1.79. The van der Waals surface area contributed by atoms with E-state index in [0.29, 0.717) is 5.15 Å². The molecule has 0 saturated heterocycles. The van der Waals surface area contributed by atoms with Crippen LogP contribution in [0.2, 0.25) is 5.15 Å². The molecule has 0 atom stereocenters. The summed E-state index contributed by atoms with van der Waals surface area (Å²) < 4.78 is 1.05. The summed E-state index contributed by atoms with van der Waals surface area (Å²) in [4.78, 5) is 4.08. The van der Waals surface area contributed by atoms with E-state index >= 15 is 0 Å². The van der Waals surface area contributed by atoms with E-state index in [-0.39, 0.29) is 0 Å². The van der Waals surface area contributed by atoms with Gasteiger partial charge in [-0.2, -0.15) is 0 Å². The summed E-state index contributed by atoms with van der Waals surface area (Å²) in [5, 5.41) is 11.5. The number of pyridine rings is 1. The summed E-state index contributed by atoms with van der Waals surface area (Å²) in [6.07, 6.45) is 3.51. The molecule has 0 aliphatic carbocycles. The third kappa shape index (κ3) is 1.47. The molecule has 0 saturated carbocycles. The van der Waals surface area contributed by atoms with Gasteiger partial charge in [0.25, 0.3) is 0 Å². The molecule has 0 aromatic carbocycles. The van der Waals surface area contributed by atoms with Crippen molar-refractivity contribution in [1.82, 2.24) is 15.2 Å². The zero-order valence-electron chi connectivity index (χ0n) is 8.09. The van der Waals surface area contributed by atoms with Crippen LogP contribution < -0.4 is 0 Å². The van der Waals surface area contributed by atoms with Crippen molar-refractivity contribution in [2.24, 2.45) is 0 Å². The summed E-state index contributed by atoms with van der Waals surface area (Å²) in [7, 11) is 0. The topological polar surface area (TPSA) is 38.7 Å². The zero-order chi connectivity index (χ0) is 11.0. The van der Waals surface area contributed by atoms with E-state index in [0.717, 1.165) is 21.3 Å². The molecule has 0 spiro atoms. The molecule has 78 valence electrons. The molecule has 0 aliphatic rings. The number of hydrogen-bond donors (Lipinski definition) is 0. The van der Waals surface area contributed by atoms with Crippen LogP contribution in [0.15, 0.2) is 36.0 Å². The Balaban J connectivity index is 2.33. The van der Waals surface area contributed by atoms with Gasteiger partial charge < -0.3 is 0 Å². The Hall–Kier alpha value is -1.52.